The second kappa shape index (κ2) is 8.43. The number of fused-ring (bicyclic) bond motifs is 4. The van der Waals surface area contributed by atoms with Crippen molar-refractivity contribution >= 4 is 45.9 Å². The number of nitrogens with zero attached hydrogens (tertiary/aromatic N) is 3. The van der Waals surface area contributed by atoms with Crippen molar-refractivity contribution in [2.75, 3.05) is 25.1 Å². The number of ether oxygens (including phenoxy) is 1. The molecule has 0 atom stereocenters. The minimum Gasteiger partial charge on any atom is -0.481 e. The number of carboxylic acid groups (broad SMARTS) is 1. The van der Waals surface area contributed by atoms with E-state index in [1.54, 1.807) is 42.3 Å². The maximum Gasteiger partial charge on any atom is 0.306 e. The second-order valence-electron chi connectivity index (χ2n) is 7.30. The van der Waals surface area contributed by atoms with Crippen LogP contribution in [0.1, 0.15) is 29.0 Å². The fourth-order valence-corrected chi connectivity index (χ4v) is 3.67. The summed E-state index contributed by atoms with van der Waals surface area (Å²) in [4.78, 5) is 54.1. The Hall–Kier alpha value is -3.72. The van der Waals surface area contributed by atoms with Crippen molar-refractivity contribution in [1.29, 1.82) is 0 Å². The van der Waals surface area contributed by atoms with Gasteiger partial charge in [0.25, 0.3) is 5.56 Å². The van der Waals surface area contributed by atoms with Gasteiger partial charge in [0.05, 0.1) is 41.5 Å². The molecule has 164 valence electrons. The molecule has 0 unspecified atom stereocenters. The third-order valence-electron chi connectivity index (χ3n) is 5.17. The van der Waals surface area contributed by atoms with Crippen LogP contribution >= 0.6 is 11.6 Å². The predicted molar refractivity (Wildman–Crippen MR) is 117 cm³/mol. The van der Waals surface area contributed by atoms with E-state index in [1.807, 2.05) is 0 Å². The summed E-state index contributed by atoms with van der Waals surface area (Å²) in [5.41, 5.74) is 1.53. The van der Waals surface area contributed by atoms with Gasteiger partial charge in [-0.05, 0) is 36.4 Å². The van der Waals surface area contributed by atoms with Crippen LogP contribution in [-0.2, 0) is 14.3 Å². The van der Waals surface area contributed by atoms with Crippen LogP contribution in [0.2, 0.25) is 5.02 Å². The smallest absolute Gasteiger partial charge is 0.306 e. The quantitative estimate of drug-likeness (QED) is 0.422. The Bertz CT molecular complexity index is 1330. The SMILES string of the molecule is CN(CCOC(=O)CCC(=O)O)c1ccc2c(=O)n3c(nc2c1)C(=O)c1cc(Cl)ccc1-3. The van der Waals surface area contributed by atoms with Crippen molar-refractivity contribution in [3.63, 3.8) is 0 Å². The Morgan fingerprint density at radius 2 is 1.94 bits per heavy atom. The third kappa shape index (κ3) is 3.94. The lowest BCUT2D eigenvalue weighted by molar-refractivity contribution is -0.147. The Labute approximate surface area is 186 Å². The van der Waals surface area contributed by atoms with Crippen molar-refractivity contribution in [1.82, 2.24) is 9.55 Å². The number of rotatable bonds is 7. The maximum absolute atomic E-state index is 13.1. The molecule has 2 aromatic carbocycles. The van der Waals surface area contributed by atoms with Gasteiger partial charge < -0.3 is 14.7 Å². The van der Waals surface area contributed by atoms with Gasteiger partial charge in [-0.15, -0.1) is 0 Å². The Balaban J connectivity index is 1.56. The molecule has 0 radical (unpaired) electrons. The summed E-state index contributed by atoms with van der Waals surface area (Å²) in [5.74, 6) is -1.97. The van der Waals surface area contributed by atoms with Crippen LogP contribution in [0.15, 0.2) is 41.2 Å². The molecule has 1 aliphatic heterocycles. The Kier molecular flexibility index (Phi) is 5.67. The van der Waals surface area contributed by atoms with E-state index < -0.39 is 11.9 Å². The minimum atomic E-state index is -1.06. The molecular formula is C22H18ClN3O6. The zero-order valence-corrected chi connectivity index (χ0v) is 17.8. The van der Waals surface area contributed by atoms with Gasteiger partial charge in [-0.1, -0.05) is 11.6 Å². The number of benzene rings is 2. The second-order valence-corrected chi connectivity index (χ2v) is 7.74. The van der Waals surface area contributed by atoms with Crippen molar-refractivity contribution < 1.29 is 24.2 Å². The van der Waals surface area contributed by atoms with Crippen LogP contribution in [0.5, 0.6) is 0 Å². The van der Waals surface area contributed by atoms with E-state index in [9.17, 15) is 19.2 Å². The monoisotopic (exact) mass is 455 g/mol. The first-order valence-corrected chi connectivity index (χ1v) is 10.1. The van der Waals surface area contributed by atoms with Crippen LogP contribution < -0.4 is 10.5 Å². The zero-order valence-electron chi connectivity index (χ0n) is 17.0. The molecule has 0 saturated carbocycles. The molecule has 1 aliphatic rings. The maximum atomic E-state index is 13.1. The van der Waals surface area contributed by atoms with Crippen LogP contribution in [0, 0.1) is 0 Å². The molecular weight excluding hydrogens is 438 g/mol. The standard InChI is InChI=1S/C22H18ClN3O6/c1-25(8-9-32-19(29)7-6-18(27)28)13-3-4-14-16(11-13)24-21-20(30)15-10-12(23)2-5-17(15)26(21)22(14)31/h2-5,10-11H,6-9H2,1H3,(H,27,28). The molecule has 1 aromatic heterocycles. The number of aromatic nitrogens is 2. The lowest BCUT2D eigenvalue weighted by Gasteiger charge is -2.19. The number of anilines is 1. The highest BCUT2D eigenvalue weighted by Gasteiger charge is 2.30. The summed E-state index contributed by atoms with van der Waals surface area (Å²) in [6.07, 6.45) is -0.463. The van der Waals surface area contributed by atoms with E-state index >= 15 is 0 Å². The fourth-order valence-electron chi connectivity index (χ4n) is 3.50. The van der Waals surface area contributed by atoms with Crippen LogP contribution in [-0.4, -0.2) is 52.6 Å². The van der Waals surface area contributed by atoms with Crippen molar-refractivity contribution in [3.8, 4) is 5.69 Å². The Morgan fingerprint density at radius 1 is 1.16 bits per heavy atom. The van der Waals surface area contributed by atoms with E-state index in [2.05, 4.69) is 4.98 Å². The molecule has 0 amide bonds. The van der Waals surface area contributed by atoms with Crippen LogP contribution in [0.4, 0.5) is 5.69 Å². The molecule has 0 fully saturated rings. The molecule has 0 saturated heterocycles. The van der Waals surface area contributed by atoms with Gasteiger partial charge in [-0.2, -0.15) is 0 Å². The molecule has 0 bridgehead atoms. The number of carbonyl (C=O) groups excluding carboxylic acids is 2. The molecule has 32 heavy (non-hydrogen) atoms. The van der Waals surface area contributed by atoms with E-state index in [1.165, 1.54) is 10.6 Å². The average Bonchev–Trinajstić information content (AvgIpc) is 3.03. The first-order chi connectivity index (χ1) is 15.3. The molecule has 3 aromatic rings. The number of esters is 1. The number of carboxylic acids is 1. The number of hydrogen-bond donors (Lipinski definition) is 1. The summed E-state index contributed by atoms with van der Waals surface area (Å²) in [6.45, 7) is 0.416. The first kappa shape index (κ1) is 21.5. The largest absolute Gasteiger partial charge is 0.481 e. The molecule has 1 N–H and O–H groups in total. The highest BCUT2D eigenvalue weighted by molar-refractivity contribution is 6.31. The Morgan fingerprint density at radius 3 is 2.69 bits per heavy atom. The summed E-state index contributed by atoms with van der Waals surface area (Å²) >= 11 is 6.00. The van der Waals surface area contributed by atoms with Crippen LogP contribution in [0.3, 0.4) is 0 Å². The minimum absolute atomic E-state index is 0.0342. The van der Waals surface area contributed by atoms with Gasteiger partial charge in [0, 0.05) is 17.8 Å². The number of likely N-dealkylation sites (N-methyl/N-ethyl adjacent to an activating group) is 1. The molecule has 9 nitrogen and oxygen atoms in total. The topological polar surface area (TPSA) is 119 Å². The van der Waals surface area contributed by atoms with E-state index in [-0.39, 0.29) is 36.6 Å². The number of ketones is 1. The summed E-state index contributed by atoms with van der Waals surface area (Å²) in [7, 11) is 1.77. The van der Waals surface area contributed by atoms with Crippen LogP contribution in [0.25, 0.3) is 16.6 Å². The van der Waals surface area contributed by atoms with Gasteiger partial charge in [0.15, 0.2) is 5.82 Å². The number of aliphatic carboxylic acids is 1. The zero-order chi connectivity index (χ0) is 23.0. The van der Waals surface area contributed by atoms with E-state index in [4.69, 9.17) is 21.4 Å². The molecule has 4 rings (SSSR count). The van der Waals surface area contributed by atoms with Crippen molar-refractivity contribution in [2.45, 2.75) is 12.8 Å². The van der Waals surface area contributed by atoms with Gasteiger partial charge >= 0.3 is 11.9 Å². The number of hydrogen-bond acceptors (Lipinski definition) is 7. The fraction of sp³-hybridized carbons (Fsp3) is 0.227. The first-order valence-electron chi connectivity index (χ1n) is 9.76. The normalized spacial score (nSPS) is 11.9. The van der Waals surface area contributed by atoms with Crippen molar-refractivity contribution in [2.24, 2.45) is 0 Å². The van der Waals surface area contributed by atoms with E-state index in [0.717, 1.165) is 0 Å². The summed E-state index contributed by atoms with van der Waals surface area (Å²) in [6, 6.07) is 9.83. The van der Waals surface area contributed by atoms with Gasteiger partial charge in [0.2, 0.25) is 5.78 Å². The molecule has 10 heteroatoms. The van der Waals surface area contributed by atoms with Crippen molar-refractivity contribution in [3.05, 3.63) is 63.2 Å². The molecule has 0 aliphatic carbocycles. The lowest BCUT2D eigenvalue weighted by atomic mass is 10.1. The highest BCUT2D eigenvalue weighted by Crippen LogP contribution is 2.29. The van der Waals surface area contributed by atoms with Gasteiger partial charge in [-0.3, -0.25) is 23.7 Å². The summed E-state index contributed by atoms with van der Waals surface area (Å²) in [5, 5.41) is 9.36. The molecule has 2 heterocycles. The number of carbonyl (C=O) groups is 3. The average molecular weight is 456 g/mol. The van der Waals surface area contributed by atoms with Gasteiger partial charge in [0.1, 0.15) is 6.61 Å². The third-order valence-corrected chi connectivity index (χ3v) is 5.41. The highest BCUT2D eigenvalue weighted by atomic mass is 35.5. The predicted octanol–water partition coefficient (Wildman–Crippen LogP) is 2.43. The van der Waals surface area contributed by atoms with E-state index in [0.29, 0.717) is 39.4 Å². The van der Waals surface area contributed by atoms with Gasteiger partial charge in [-0.25, -0.2) is 4.98 Å². The number of halogens is 1. The molecule has 0 spiro atoms. The lowest BCUT2D eigenvalue weighted by Crippen LogP contribution is -2.25. The summed E-state index contributed by atoms with van der Waals surface area (Å²) < 4.78 is 6.34.